The number of rotatable bonds is 4. The molecule has 1 aromatic rings. The van der Waals surface area contributed by atoms with E-state index in [9.17, 15) is 4.79 Å². The lowest BCUT2D eigenvalue weighted by atomic mass is 10.2. The first-order valence-corrected chi connectivity index (χ1v) is 5.59. The van der Waals surface area contributed by atoms with Gasteiger partial charge in [0.1, 0.15) is 0 Å². The Morgan fingerprint density at radius 3 is 2.73 bits per heavy atom. The smallest absolute Gasteiger partial charge is 0.223 e. The quantitative estimate of drug-likeness (QED) is 0.766. The van der Waals surface area contributed by atoms with Crippen LogP contribution in [0.25, 0.3) is 0 Å². The minimum absolute atomic E-state index is 0.0451. The molecule has 0 saturated heterocycles. The van der Waals surface area contributed by atoms with E-state index in [1.165, 1.54) is 0 Å². The fraction of sp³-hybridized carbons (Fsp3) is 0.250. The number of nitrogens with zero attached hydrogens (tertiary/aromatic N) is 1. The van der Waals surface area contributed by atoms with E-state index in [0.29, 0.717) is 6.54 Å². The van der Waals surface area contributed by atoms with E-state index in [2.05, 4.69) is 22.5 Å². The SMILES string of the molecule is C=CCCN(C(C)=O)c1ccccc1Br. The summed E-state index contributed by atoms with van der Waals surface area (Å²) in [5, 5.41) is 0. The number of halogens is 1. The second-order valence-corrected chi connectivity index (χ2v) is 4.05. The van der Waals surface area contributed by atoms with Crippen molar-refractivity contribution in [1.82, 2.24) is 0 Å². The van der Waals surface area contributed by atoms with Crippen molar-refractivity contribution in [3.8, 4) is 0 Å². The van der Waals surface area contributed by atoms with E-state index < -0.39 is 0 Å². The highest BCUT2D eigenvalue weighted by Crippen LogP contribution is 2.25. The van der Waals surface area contributed by atoms with Gasteiger partial charge in [-0.15, -0.1) is 6.58 Å². The number of carbonyl (C=O) groups excluding carboxylic acids is 1. The van der Waals surface area contributed by atoms with Crippen molar-refractivity contribution in [2.75, 3.05) is 11.4 Å². The molecule has 0 atom stereocenters. The van der Waals surface area contributed by atoms with Crippen molar-refractivity contribution in [3.63, 3.8) is 0 Å². The maximum absolute atomic E-state index is 11.5. The van der Waals surface area contributed by atoms with Crippen LogP contribution < -0.4 is 4.90 Å². The third-order valence-electron chi connectivity index (χ3n) is 2.08. The summed E-state index contributed by atoms with van der Waals surface area (Å²) in [5.41, 5.74) is 0.909. The largest absolute Gasteiger partial charge is 0.311 e. The van der Waals surface area contributed by atoms with Crippen molar-refractivity contribution in [2.45, 2.75) is 13.3 Å². The van der Waals surface area contributed by atoms with E-state index in [1.54, 1.807) is 11.8 Å². The molecule has 0 aliphatic carbocycles. The van der Waals surface area contributed by atoms with Crippen LogP contribution in [-0.2, 0) is 4.79 Å². The summed E-state index contributed by atoms with van der Waals surface area (Å²) >= 11 is 3.44. The molecule has 0 spiro atoms. The first-order valence-electron chi connectivity index (χ1n) is 4.80. The fourth-order valence-electron chi connectivity index (χ4n) is 1.34. The van der Waals surface area contributed by atoms with Gasteiger partial charge in [-0.3, -0.25) is 4.79 Å². The number of amides is 1. The molecular formula is C12H14BrNO. The minimum Gasteiger partial charge on any atom is -0.311 e. The summed E-state index contributed by atoms with van der Waals surface area (Å²) in [4.78, 5) is 13.2. The molecule has 2 nitrogen and oxygen atoms in total. The number of hydrogen-bond acceptors (Lipinski definition) is 1. The topological polar surface area (TPSA) is 20.3 Å². The molecule has 0 bridgehead atoms. The van der Waals surface area contributed by atoms with Gasteiger partial charge in [-0.2, -0.15) is 0 Å². The van der Waals surface area contributed by atoms with Gasteiger partial charge in [0, 0.05) is 17.9 Å². The third kappa shape index (κ3) is 3.20. The van der Waals surface area contributed by atoms with Gasteiger partial charge in [0.25, 0.3) is 0 Å². The van der Waals surface area contributed by atoms with E-state index >= 15 is 0 Å². The molecule has 0 aromatic heterocycles. The van der Waals surface area contributed by atoms with E-state index in [4.69, 9.17) is 0 Å². The summed E-state index contributed by atoms with van der Waals surface area (Å²) in [7, 11) is 0. The highest BCUT2D eigenvalue weighted by Gasteiger charge is 2.12. The summed E-state index contributed by atoms with van der Waals surface area (Å²) in [6, 6.07) is 7.71. The number of anilines is 1. The van der Waals surface area contributed by atoms with Crippen molar-refractivity contribution < 1.29 is 4.79 Å². The van der Waals surface area contributed by atoms with Gasteiger partial charge in [0.15, 0.2) is 0 Å². The fourth-order valence-corrected chi connectivity index (χ4v) is 1.84. The number of benzene rings is 1. The molecule has 0 fully saturated rings. The summed E-state index contributed by atoms with van der Waals surface area (Å²) in [6.45, 7) is 5.90. The molecule has 1 amide bonds. The van der Waals surface area contributed by atoms with E-state index in [0.717, 1.165) is 16.6 Å². The monoisotopic (exact) mass is 267 g/mol. The molecule has 0 saturated carbocycles. The molecule has 80 valence electrons. The van der Waals surface area contributed by atoms with Crippen LogP contribution in [0.4, 0.5) is 5.69 Å². The van der Waals surface area contributed by atoms with Crippen molar-refractivity contribution in [1.29, 1.82) is 0 Å². The van der Waals surface area contributed by atoms with Crippen LogP contribution in [0, 0.1) is 0 Å². The lowest BCUT2D eigenvalue weighted by molar-refractivity contribution is -0.116. The molecule has 1 aromatic carbocycles. The zero-order chi connectivity index (χ0) is 11.3. The second kappa shape index (κ2) is 5.71. The standard InChI is InChI=1S/C12H14BrNO/c1-3-4-9-14(10(2)15)12-8-6-5-7-11(12)13/h3,5-8H,1,4,9H2,2H3. The zero-order valence-corrected chi connectivity index (χ0v) is 10.3. The van der Waals surface area contributed by atoms with Crippen LogP contribution in [0.5, 0.6) is 0 Å². The molecule has 0 heterocycles. The summed E-state index contributed by atoms with van der Waals surface area (Å²) in [6.07, 6.45) is 2.60. The van der Waals surface area contributed by atoms with Gasteiger partial charge in [-0.05, 0) is 34.5 Å². The van der Waals surface area contributed by atoms with Crippen molar-refractivity contribution in [2.24, 2.45) is 0 Å². The van der Waals surface area contributed by atoms with Gasteiger partial charge in [0.2, 0.25) is 5.91 Å². The maximum atomic E-state index is 11.5. The number of para-hydroxylation sites is 1. The molecule has 0 unspecified atom stereocenters. The van der Waals surface area contributed by atoms with Gasteiger partial charge in [-0.25, -0.2) is 0 Å². The van der Waals surface area contributed by atoms with Crippen LogP contribution >= 0.6 is 15.9 Å². The molecular weight excluding hydrogens is 254 g/mol. The van der Waals surface area contributed by atoms with E-state index in [-0.39, 0.29) is 5.91 Å². The Kier molecular flexibility index (Phi) is 4.56. The van der Waals surface area contributed by atoms with Gasteiger partial charge < -0.3 is 4.90 Å². The van der Waals surface area contributed by atoms with Crippen LogP contribution in [0.3, 0.4) is 0 Å². The van der Waals surface area contributed by atoms with Crippen LogP contribution in [-0.4, -0.2) is 12.5 Å². The van der Waals surface area contributed by atoms with Crippen LogP contribution in [0.1, 0.15) is 13.3 Å². The Morgan fingerprint density at radius 2 is 2.20 bits per heavy atom. The Balaban J connectivity index is 2.93. The molecule has 3 heteroatoms. The normalized spacial score (nSPS) is 9.73. The molecule has 0 radical (unpaired) electrons. The summed E-state index contributed by atoms with van der Waals surface area (Å²) < 4.78 is 0.935. The van der Waals surface area contributed by atoms with Crippen LogP contribution in [0.15, 0.2) is 41.4 Å². The van der Waals surface area contributed by atoms with Crippen molar-refractivity contribution in [3.05, 3.63) is 41.4 Å². The van der Waals surface area contributed by atoms with Crippen molar-refractivity contribution >= 4 is 27.5 Å². The molecule has 1 rings (SSSR count). The minimum atomic E-state index is 0.0451. The summed E-state index contributed by atoms with van der Waals surface area (Å²) in [5.74, 6) is 0.0451. The number of carbonyl (C=O) groups is 1. The third-order valence-corrected chi connectivity index (χ3v) is 2.75. The van der Waals surface area contributed by atoms with Crippen LogP contribution in [0.2, 0.25) is 0 Å². The van der Waals surface area contributed by atoms with Gasteiger partial charge in [0.05, 0.1) is 5.69 Å². The van der Waals surface area contributed by atoms with E-state index in [1.807, 2.05) is 30.3 Å². The Morgan fingerprint density at radius 1 is 1.53 bits per heavy atom. The predicted molar refractivity (Wildman–Crippen MR) is 67.0 cm³/mol. The Hall–Kier alpha value is -1.09. The predicted octanol–water partition coefficient (Wildman–Crippen LogP) is 3.38. The average molecular weight is 268 g/mol. The Labute approximate surface area is 98.7 Å². The molecule has 15 heavy (non-hydrogen) atoms. The average Bonchev–Trinajstić information content (AvgIpc) is 2.20. The highest BCUT2D eigenvalue weighted by molar-refractivity contribution is 9.10. The number of hydrogen-bond donors (Lipinski definition) is 0. The first-order chi connectivity index (χ1) is 7.16. The van der Waals surface area contributed by atoms with Gasteiger partial charge in [-0.1, -0.05) is 18.2 Å². The first kappa shape index (κ1) is 12.0. The Bertz CT molecular complexity index is 362. The lowest BCUT2D eigenvalue weighted by Crippen LogP contribution is -2.29. The molecule has 0 aliphatic rings. The molecule has 0 N–H and O–H groups in total. The molecule has 0 aliphatic heterocycles. The second-order valence-electron chi connectivity index (χ2n) is 3.20. The lowest BCUT2D eigenvalue weighted by Gasteiger charge is -2.21. The maximum Gasteiger partial charge on any atom is 0.223 e. The zero-order valence-electron chi connectivity index (χ0n) is 8.74. The van der Waals surface area contributed by atoms with Gasteiger partial charge >= 0.3 is 0 Å². The highest BCUT2D eigenvalue weighted by atomic mass is 79.9.